The van der Waals surface area contributed by atoms with Crippen LogP contribution < -0.4 is 9.47 Å². The van der Waals surface area contributed by atoms with Gasteiger partial charge >= 0.3 is 0 Å². The second-order valence-electron chi connectivity index (χ2n) is 4.56. The normalized spacial score (nSPS) is 24.4. The van der Waals surface area contributed by atoms with Gasteiger partial charge < -0.3 is 19.3 Å². The van der Waals surface area contributed by atoms with E-state index in [1.807, 2.05) is 12.1 Å². The third kappa shape index (κ3) is 2.60. The molecule has 1 aliphatic heterocycles. The molecule has 0 aliphatic carbocycles. The maximum atomic E-state index is 10.8. The Kier molecular flexibility index (Phi) is 4.09. The highest BCUT2D eigenvalue weighted by Crippen LogP contribution is 2.39. The molecule has 1 unspecified atom stereocenters. The maximum absolute atomic E-state index is 10.8. The van der Waals surface area contributed by atoms with E-state index < -0.39 is 5.60 Å². The van der Waals surface area contributed by atoms with Crippen LogP contribution in [-0.4, -0.2) is 32.5 Å². The van der Waals surface area contributed by atoms with Crippen molar-refractivity contribution in [2.24, 2.45) is 0 Å². The molecule has 0 saturated carbocycles. The van der Waals surface area contributed by atoms with Crippen LogP contribution in [0.2, 0.25) is 0 Å². The molecule has 1 aliphatic rings. The van der Waals surface area contributed by atoms with Crippen LogP contribution in [0.1, 0.15) is 24.8 Å². The third-order valence-electron chi connectivity index (χ3n) is 3.45. The Hall–Kier alpha value is -1.26. The molecular weight excluding hydrogens is 232 g/mol. The molecule has 0 aromatic heterocycles. The molecule has 1 atom stereocenters. The molecule has 1 saturated heterocycles. The predicted molar refractivity (Wildman–Crippen MR) is 68.1 cm³/mol. The Morgan fingerprint density at radius 3 is 2.72 bits per heavy atom. The van der Waals surface area contributed by atoms with E-state index in [-0.39, 0.29) is 0 Å². The summed E-state index contributed by atoms with van der Waals surface area (Å²) >= 11 is 0. The summed E-state index contributed by atoms with van der Waals surface area (Å²) in [5.74, 6) is 1.39. The van der Waals surface area contributed by atoms with Crippen LogP contribution in [-0.2, 0) is 10.3 Å². The minimum Gasteiger partial charge on any atom is -0.497 e. The Bertz CT molecular complexity index is 395. The number of ether oxygens (including phenoxy) is 3. The number of hydrogen-bond acceptors (Lipinski definition) is 4. The first-order chi connectivity index (χ1) is 8.69. The van der Waals surface area contributed by atoms with Gasteiger partial charge in [0.15, 0.2) is 0 Å². The van der Waals surface area contributed by atoms with Crippen molar-refractivity contribution in [3.63, 3.8) is 0 Å². The van der Waals surface area contributed by atoms with Crippen molar-refractivity contribution in [3.8, 4) is 11.5 Å². The number of methoxy groups -OCH3 is 2. The van der Waals surface area contributed by atoms with Gasteiger partial charge in [-0.25, -0.2) is 0 Å². The lowest BCUT2D eigenvalue weighted by molar-refractivity contribution is 0.0123. The van der Waals surface area contributed by atoms with Gasteiger partial charge in [0.25, 0.3) is 0 Å². The Morgan fingerprint density at radius 1 is 1.17 bits per heavy atom. The fourth-order valence-electron chi connectivity index (χ4n) is 2.39. The van der Waals surface area contributed by atoms with Crippen LogP contribution in [0.3, 0.4) is 0 Å². The van der Waals surface area contributed by atoms with E-state index in [9.17, 15) is 5.11 Å². The summed E-state index contributed by atoms with van der Waals surface area (Å²) in [5, 5.41) is 10.8. The summed E-state index contributed by atoms with van der Waals surface area (Å²) in [6.07, 6.45) is 2.14. The first kappa shape index (κ1) is 13.2. The second-order valence-corrected chi connectivity index (χ2v) is 4.56. The van der Waals surface area contributed by atoms with Crippen LogP contribution >= 0.6 is 0 Å². The van der Waals surface area contributed by atoms with E-state index >= 15 is 0 Å². The molecule has 0 radical (unpaired) electrons. The SMILES string of the molecule is COc1ccc(C2(O)CCCOCC2)c(OC)c1. The average molecular weight is 252 g/mol. The fourth-order valence-corrected chi connectivity index (χ4v) is 2.39. The summed E-state index contributed by atoms with van der Waals surface area (Å²) < 4.78 is 15.9. The average Bonchev–Trinajstić information content (AvgIpc) is 2.63. The van der Waals surface area contributed by atoms with Crippen molar-refractivity contribution in [2.45, 2.75) is 24.9 Å². The largest absolute Gasteiger partial charge is 0.497 e. The highest BCUT2D eigenvalue weighted by molar-refractivity contribution is 5.44. The van der Waals surface area contributed by atoms with Crippen molar-refractivity contribution in [1.82, 2.24) is 0 Å². The molecule has 1 fully saturated rings. The van der Waals surface area contributed by atoms with Gasteiger partial charge in [-0.1, -0.05) is 0 Å². The minimum atomic E-state index is -0.867. The van der Waals surface area contributed by atoms with Crippen molar-refractivity contribution in [2.75, 3.05) is 27.4 Å². The summed E-state index contributed by atoms with van der Waals surface area (Å²) in [4.78, 5) is 0. The van der Waals surface area contributed by atoms with Crippen LogP contribution in [0, 0.1) is 0 Å². The minimum absolute atomic E-state index is 0.575. The third-order valence-corrected chi connectivity index (χ3v) is 3.45. The van der Waals surface area contributed by atoms with Crippen LogP contribution in [0.4, 0.5) is 0 Å². The monoisotopic (exact) mass is 252 g/mol. The van der Waals surface area contributed by atoms with Gasteiger partial charge in [0.1, 0.15) is 11.5 Å². The molecule has 0 spiro atoms. The van der Waals surface area contributed by atoms with Crippen molar-refractivity contribution < 1.29 is 19.3 Å². The van der Waals surface area contributed by atoms with Crippen molar-refractivity contribution in [3.05, 3.63) is 23.8 Å². The van der Waals surface area contributed by atoms with Gasteiger partial charge in [0.05, 0.1) is 19.8 Å². The first-order valence-corrected chi connectivity index (χ1v) is 6.22. The molecule has 1 heterocycles. The first-order valence-electron chi connectivity index (χ1n) is 6.22. The number of hydrogen-bond donors (Lipinski definition) is 1. The van der Waals surface area contributed by atoms with E-state index in [4.69, 9.17) is 14.2 Å². The molecule has 2 rings (SSSR count). The van der Waals surface area contributed by atoms with E-state index in [1.54, 1.807) is 20.3 Å². The van der Waals surface area contributed by atoms with Gasteiger partial charge in [0, 0.05) is 31.3 Å². The van der Waals surface area contributed by atoms with E-state index in [2.05, 4.69) is 0 Å². The van der Waals surface area contributed by atoms with Crippen molar-refractivity contribution >= 4 is 0 Å². The highest BCUT2D eigenvalue weighted by atomic mass is 16.5. The Morgan fingerprint density at radius 2 is 2.00 bits per heavy atom. The maximum Gasteiger partial charge on any atom is 0.128 e. The van der Waals surface area contributed by atoms with Crippen LogP contribution in [0.25, 0.3) is 0 Å². The summed E-state index contributed by atoms with van der Waals surface area (Å²) in [5.41, 5.74) is -0.0509. The smallest absolute Gasteiger partial charge is 0.128 e. The zero-order chi connectivity index (χ0) is 13.0. The quantitative estimate of drug-likeness (QED) is 0.895. The molecule has 1 N–H and O–H groups in total. The lowest BCUT2D eigenvalue weighted by Crippen LogP contribution is -2.26. The molecule has 1 aromatic rings. The van der Waals surface area contributed by atoms with Gasteiger partial charge in [-0.15, -0.1) is 0 Å². The van der Waals surface area contributed by atoms with Crippen molar-refractivity contribution in [1.29, 1.82) is 0 Å². The zero-order valence-electron chi connectivity index (χ0n) is 10.9. The Labute approximate surface area is 107 Å². The van der Waals surface area contributed by atoms with Gasteiger partial charge in [-0.2, -0.15) is 0 Å². The molecule has 4 heteroatoms. The number of benzene rings is 1. The number of aliphatic hydroxyl groups is 1. The standard InChI is InChI=1S/C14H20O4/c1-16-11-4-5-12(13(10-11)17-2)14(15)6-3-8-18-9-7-14/h4-5,10,15H,3,6-9H2,1-2H3. The van der Waals surface area contributed by atoms with E-state index in [0.29, 0.717) is 31.8 Å². The van der Waals surface area contributed by atoms with Crippen LogP contribution in [0.15, 0.2) is 18.2 Å². The summed E-state index contributed by atoms with van der Waals surface area (Å²) in [6, 6.07) is 5.53. The van der Waals surface area contributed by atoms with E-state index in [1.165, 1.54) is 0 Å². The highest BCUT2D eigenvalue weighted by Gasteiger charge is 2.33. The summed E-state index contributed by atoms with van der Waals surface area (Å²) in [6.45, 7) is 1.28. The molecule has 1 aromatic carbocycles. The molecular formula is C14H20O4. The predicted octanol–water partition coefficient (Wildman–Crippen LogP) is 2.09. The van der Waals surface area contributed by atoms with Gasteiger partial charge in [-0.3, -0.25) is 0 Å². The number of rotatable bonds is 3. The van der Waals surface area contributed by atoms with Gasteiger partial charge in [-0.05, 0) is 25.0 Å². The molecule has 18 heavy (non-hydrogen) atoms. The Balaban J connectivity index is 2.35. The van der Waals surface area contributed by atoms with Gasteiger partial charge in [0.2, 0.25) is 0 Å². The topological polar surface area (TPSA) is 47.9 Å². The molecule has 0 bridgehead atoms. The lowest BCUT2D eigenvalue weighted by atomic mass is 9.86. The molecule has 0 amide bonds. The molecule has 4 nitrogen and oxygen atoms in total. The zero-order valence-corrected chi connectivity index (χ0v) is 10.9. The van der Waals surface area contributed by atoms with Crippen LogP contribution in [0.5, 0.6) is 11.5 Å². The molecule has 100 valence electrons. The second kappa shape index (κ2) is 5.59. The fraction of sp³-hybridized carbons (Fsp3) is 0.571. The van der Waals surface area contributed by atoms with E-state index in [0.717, 1.165) is 17.7 Å². The lowest BCUT2D eigenvalue weighted by Gasteiger charge is -2.28. The summed E-state index contributed by atoms with van der Waals surface area (Å²) in [7, 11) is 3.22.